The van der Waals surface area contributed by atoms with E-state index in [2.05, 4.69) is 6.07 Å². The Balaban J connectivity index is 2.40. The predicted octanol–water partition coefficient (Wildman–Crippen LogP) is 6.17. The van der Waals surface area contributed by atoms with E-state index in [1.54, 1.807) is 43.3 Å². The van der Waals surface area contributed by atoms with E-state index in [1.165, 1.54) is 6.92 Å². The highest BCUT2D eigenvalue weighted by Gasteiger charge is 2.29. The van der Waals surface area contributed by atoms with Crippen molar-refractivity contribution < 1.29 is 13.9 Å². The molecule has 4 heteroatoms. The number of aromatic hydroxyl groups is 1. The van der Waals surface area contributed by atoms with Gasteiger partial charge in [-0.2, -0.15) is 5.26 Å². The number of phenols is 1. The molecule has 0 radical (unpaired) electrons. The first-order chi connectivity index (χ1) is 13.3. The minimum absolute atomic E-state index is 0.0999. The third kappa shape index (κ3) is 3.14. The first kappa shape index (κ1) is 19.6. The zero-order valence-electron chi connectivity index (χ0n) is 16.3. The molecule has 1 N–H and O–H groups in total. The Morgan fingerprint density at radius 2 is 1.82 bits per heavy atom. The van der Waals surface area contributed by atoms with Gasteiger partial charge in [0, 0.05) is 5.56 Å². The molecular weight excluding hydrogens is 356 g/mol. The predicted molar refractivity (Wildman–Crippen MR) is 108 cm³/mol. The van der Waals surface area contributed by atoms with Gasteiger partial charge in [-0.25, -0.2) is 8.78 Å². The molecule has 2 aromatic rings. The third-order valence-electron chi connectivity index (χ3n) is 5.22. The van der Waals surface area contributed by atoms with E-state index in [4.69, 9.17) is 0 Å². The summed E-state index contributed by atoms with van der Waals surface area (Å²) in [5.74, 6) is -1.65. The molecule has 0 aliphatic heterocycles. The molecule has 0 atom stereocenters. The van der Waals surface area contributed by atoms with Crippen molar-refractivity contribution in [3.63, 3.8) is 0 Å². The number of hydrogen-bond acceptors (Lipinski definition) is 2. The maximum Gasteiger partial charge on any atom is 0.166 e. The Bertz CT molecular complexity index is 1110. The second kappa shape index (κ2) is 7.44. The van der Waals surface area contributed by atoms with Crippen LogP contribution in [0.3, 0.4) is 0 Å². The molecule has 2 nitrogen and oxygen atoms in total. The monoisotopic (exact) mass is 377 g/mol. The first-order valence-electron chi connectivity index (χ1n) is 9.05. The minimum atomic E-state index is -0.889. The zero-order valence-corrected chi connectivity index (χ0v) is 16.3. The summed E-state index contributed by atoms with van der Waals surface area (Å²) in [4.78, 5) is 0. The van der Waals surface area contributed by atoms with Crippen LogP contribution in [0.1, 0.15) is 41.7 Å². The van der Waals surface area contributed by atoms with Gasteiger partial charge >= 0.3 is 0 Å². The second-order valence-electron chi connectivity index (χ2n) is 7.03. The number of halogens is 2. The highest BCUT2D eigenvalue weighted by molar-refractivity contribution is 6.04. The van der Waals surface area contributed by atoms with Gasteiger partial charge < -0.3 is 5.11 Å². The summed E-state index contributed by atoms with van der Waals surface area (Å²) >= 11 is 0. The smallest absolute Gasteiger partial charge is 0.166 e. The quantitative estimate of drug-likeness (QED) is 0.513. The van der Waals surface area contributed by atoms with Crippen molar-refractivity contribution in [3.05, 3.63) is 87.0 Å². The van der Waals surface area contributed by atoms with E-state index in [0.29, 0.717) is 28.7 Å². The van der Waals surface area contributed by atoms with Crippen LogP contribution in [-0.4, -0.2) is 5.11 Å². The van der Waals surface area contributed by atoms with Crippen molar-refractivity contribution in [1.82, 2.24) is 0 Å². The Morgan fingerprint density at radius 1 is 1.11 bits per heavy atom. The van der Waals surface area contributed by atoms with Crippen LogP contribution in [0, 0.1) is 36.8 Å². The maximum atomic E-state index is 14.8. The highest BCUT2D eigenvalue weighted by atomic mass is 19.2. The fourth-order valence-corrected chi connectivity index (χ4v) is 3.77. The molecule has 2 aromatic carbocycles. The Labute approximate surface area is 163 Å². The third-order valence-corrected chi connectivity index (χ3v) is 5.22. The van der Waals surface area contributed by atoms with Crippen LogP contribution in [0.2, 0.25) is 0 Å². The van der Waals surface area contributed by atoms with Gasteiger partial charge in [-0.05, 0) is 91.3 Å². The fourth-order valence-electron chi connectivity index (χ4n) is 3.77. The van der Waals surface area contributed by atoms with Crippen LogP contribution < -0.4 is 0 Å². The minimum Gasteiger partial charge on any atom is -0.508 e. The summed E-state index contributed by atoms with van der Waals surface area (Å²) in [6, 6.07) is 8.60. The maximum absolute atomic E-state index is 14.8. The van der Waals surface area contributed by atoms with E-state index in [9.17, 15) is 19.1 Å². The second-order valence-corrected chi connectivity index (χ2v) is 7.03. The molecule has 0 bridgehead atoms. The van der Waals surface area contributed by atoms with Gasteiger partial charge in [0.25, 0.3) is 0 Å². The van der Waals surface area contributed by atoms with E-state index >= 15 is 0 Å². The van der Waals surface area contributed by atoms with Crippen LogP contribution in [0.4, 0.5) is 8.78 Å². The van der Waals surface area contributed by atoms with E-state index in [0.717, 1.165) is 16.7 Å². The van der Waals surface area contributed by atoms with Gasteiger partial charge in [-0.1, -0.05) is 18.2 Å². The van der Waals surface area contributed by atoms with Gasteiger partial charge in [-0.15, -0.1) is 0 Å². The van der Waals surface area contributed by atoms with Gasteiger partial charge in [0.05, 0.1) is 11.6 Å². The standard InChI is InChI=1S/C24H21F2NO/c1-5-6-16(12-27)15(4)22-20-10-17(28)9-14(3)19(20)11-21(22)18-8-7-13(2)23(25)24(18)26/h5-10,28H,11H2,1-4H3/b6-5-,16-15-. The van der Waals surface area contributed by atoms with Crippen LogP contribution >= 0.6 is 0 Å². The summed E-state index contributed by atoms with van der Waals surface area (Å²) < 4.78 is 29.1. The number of hydrogen-bond donors (Lipinski definition) is 1. The van der Waals surface area contributed by atoms with Crippen LogP contribution in [0.15, 0.2) is 47.6 Å². The van der Waals surface area contributed by atoms with Gasteiger partial charge in [0.15, 0.2) is 11.6 Å². The number of aryl methyl sites for hydroxylation is 2. The molecule has 3 rings (SSSR count). The zero-order chi connectivity index (χ0) is 20.6. The van der Waals surface area contributed by atoms with E-state index < -0.39 is 11.6 Å². The fraction of sp³-hybridized carbons (Fsp3) is 0.208. The molecule has 28 heavy (non-hydrogen) atoms. The van der Waals surface area contributed by atoms with Crippen molar-refractivity contribution >= 4 is 11.1 Å². The Hall–Kier alpha value is -3.19. The lowest BCUT2D eigenvalue weighted by Gasteiger charge is -2.13. The molecule has 0 aromatic heterocycles. The number of allylic oxidation sites excluding steroid dienone is 6. The summed E-state index contributed by atoms with van der Waals surface area (Å²) in [7, 11) is 0. The van der Waals surface area contributed by atoms with Crippen LogP contribution in [0.25, 0.3) is 11.1 Å². The summed E-state index contributed by atoms with van der Waals surface area (Å²) in [5.41, 5.74) is 5.39. The highest BCUT2D eigenvalue weighted by Crippen LogP contribution is 2.46. The van der Waals surface area contributed by atoms with Gasteiger partial charge in [0.1, 0.15) is 5.75 Å². The normalized spacial score (nSPS) is 14.3. The van der Waals surface area contributed by atoms with Crippen LogP contribution in [0.5, 0.6) is 5.75 Å². The van der Waals surface area contributed by atoms with Gasteiger partial charge in [0.2, 0.25) is 0 Å². The number of phenolic OH excluding ortho intramolecular Hbond substituents is 1. The average Bonchev–Trinajstić information content (AvgIpc) is 3.03. The number of rotatable bonds is 3. The van der Waals surface area contributed by atoms with E-state index in [1.807, 2.05) is 13.8 Å². The van der Waals surface area contributed by atoms with Crippen LogP contribution in [-0.2, 0) is 6.42 Å². The summed E-state index contributed by atoms with van der Waals surface area (Å²) in [6.07, 6.45) is 3.86. The SMILES string of the molecule is C/C=C\C(C#N)=C(/C)C1=C(c2ccc(C)c(F)c2F)Cc2c(C)cc(O)cc21. The van der Waals surface area contributed by atoms with Crippen molar-refractivity contribution in [3.8, 4) is 11.8 Å². The average molecular weight is 377 g/mol. The molecule has 0 fully saturated rings. The number of nitrogens with zero attached hydrogens (tertiary/aromatic N) is 1. The molecule has 1 aliphatic carbocycles. The lowest BCUT2D eigenvalue weighted by molar-refractivity contribution is 0.474. The first-order valence-corrected chi connectivity index (χ1v) is 9.05. The van der Waals surface area contributed by atoms with Crippen molar-refractivity contribution in [2.75, 3.05) is 0 Å². The number of benzene rings is 2. The molecule has 1 aliphatic rings. The molecule has 0 heterocycles. The molecule has 0 saturated carbocycles. The van der Waals surface area contributed by atoms with Gasteiger partial charge in [-0.3, -0.25) is 0 Å². The number of nitriles is 1. The molecule has 0 unspecified atom stereocenters. The van der Waals surface area contributed by atoms with Crippen molar-refractivity contribution in [2.45, 2.75) is 34.1 Å². The summed E-state index contributed by atoms with van der Waals surface area (Å²) in [5, 5.41) is 19.7. The summed E-state index contributed by atoms with van der Waals surface area (Å²) in [6.45, 7) is 7.01. The molecule has 0 amide bonds. The van der Waals surface area contributed by atoms with E-state index in [-0.39, 0.29) is 16.9 Å². The topological polar surface area (TPSA) is 44.0 Å². The molecule has 142 valence electrons. The van der Waals surface area contributed by atoms with Crippen molar-refractivity contribution in [1.29, 1.82) is 5.26 Å². The lowest BCUT2D eigenvalue weighted by atomic mass is 9.91. The largest absolute Gasteiger partial charge is 0.508 e. The molecule has 0 saturated heterocycles. The van der Waals surface area contributed by atoms with Crippen molar-refractivity contribution in [2.24, 2.45) is 0 Å². The molecule has 0 spiro atoms. The number of fused-ring (bicyclic) bond motifs is 1. The Morgan fingerprint density at radius 3 is 2.46 bits per heavy atom. The Kier molecular flexibility index (Phi) is 5.20. The lowest BCUT2D eigenvalue weighted by Crippen LogP contribution is -1.99. The molecular formula is C24H21F2NO.